The molecule has 2 heteroatoms. The minimum Gasteiger partial charge on any atom is -0.363 e. The van der Waals surface area contributed by atoms with Gasteiger partial charge in [-0.3, -0.25) is 0 Å². The summed E-state index contributed by atoms with van der Waals surface area (Å²) in [5.74, 6) is 0.703. The number of hydrogen-bond donors (Lipinski definition) is 0. The lowest BCUT2D eigenvalue weighted by Crippen LogP contribution is -2.34. The smallest absolute Gasteiger partial charge is 0.0813 e. The van der Waals surface area contributed by atoms with E-state index in [1.165, 1.54) is 37.2 Å². The Morgan fingerprint density at radius 2 is 2.23 bits per heavy atom. The van der Waals surface area contributed by atoms with Gasteiger partial charge in [0.05, 0.1) is 4.99 Å². The lowest BCUT2D eigenvalue weighted by atomic mass is 10.0. The molecule has 1 rings (SSSR count). The van der Waals surface area contributed by atoms with Crippen molar-refractivity contribution in [1.29, 1.82) is 0 Å². The SMILES string of the molecule is CCCC1CCN(C(C)CC)C1=S. The van der Waals surface area contributed by atoms with E-state index in [0.717, 1.165) is 0 Å². The Kier molecular flexibility index (Phi) is 4.17. The number of likely N-dealkylation sites (tertiary alicyclic amines) is 1. The van der Waals surface area contributed by atoms with E-state index in [2.05, 4.69) is 25.7 Å². The molecule has 2 unspecified atom stereocenters. The summed E-state index contributed by atoms with van der Waals surface area (Å²) in [5, 5.41) is 0. The molecule has 0 aliphatic carbocycles. The molecular weight excluding hydrogens is 178 g/mol. The Bertz CT molecular complexity index is 179. The van der Waals surface area contributed by atoms with Crippen molar-refractivity contribution in [3.05, 3.63) is 0 Å². The van der Waals surface area contributed by atoms with E-state index in [0.29, 0.717) is 12.0 Å². The van der Waals surface area contributed by atoms with Gasteiger partial charge in [0.1, 0.15) is 0 Å². The van der Waals surface area contributed by atoms with Crippen molar-refractivity contribution in [2.75, 3.05) is 6.54 Å². The van der Waals surface area contributed by atoms with Gasteiger partial charge in [-0.15, -0.1) is 0 Å². The van der Waals surface area contributed by atoms with Gasteiger partial charge in [-0.25, -0.2) is 0 Å². The highest BCUT2D eigenvalue weighted by Gasteiger charge is 2.29. The van der Waals surface area contributed by atoms with Crippen LogP contribution in [0.4, 0.5) is 0 Å². The van der Waals surface area contributed by atoms with Crippen LogP contribution in [0, 0.1) is 5.92 Å². The zero-order valence-corrected chi connectivity index (χ0v) is 9.86. The van der Waals surface area contributed by atoms with Crippen LogP contribution in [0.5, 0.6) is 0 Å². The highest BCUT2D eigenvalue weighted by atomic mass is 32.1. The fourth-order valence-electron chi connectivity index (χ4n) is 2.04. The topological polar surface area (TPSA) is 3.24 Å². The average Bonchev–Trinajstić information content (AvgIpc) is 2.48. The van der Waals surface area contributed by atoms with Crippen molar-refractivity contribution in [1.82, 2.24) is 4.90 Å². The van der Waals surface area contributed by atoms with E-state index in [1.807, 2.05) is 0 Å². The molecule has 0 amide bonds. The average molecular weight is 199 g/mol. The maximum atomic E-state index is 5.50. The number of rotatable bonds is 4. The molecule has 1 heterocycles. The van der Waals surface area contributed by atoms with E-state index in [9.17, 15) is 0 Å². The molecule has 0 aromatic carbocycles. The maximum absolute atomic E-state index is 5.50. The molecular formula is C11H21NS. The molecule has 1 saturated heterocycles. The molecule has 0 bridgehead atoms. The highest BCUT2D eigenvalue weighted by Crippen LogP contribution is 2.26. The predicted molar refractivity (Wildman–Crippen MR) is 62.1 cm³/mol. The molecule has 76 valence electrons. The van der Waals surface area contributed by atoms with Crippen LogP contribution in [0.25, 0.3) is 0 Å². The third-order valence-corrected chi connectivity index (χ3v) is 3.68. The summed E-state index contributed by atoms with van der Waals surface area (Å²) in [6, 6.07) is 0.648. The van der Waals surface area contributed by atoms with Crippen LogP contribution >= 0.6 is 12.2 Å². The molecule has 1 fully saturated rings. The number of nitrogens with zero attached hydrogens (tertiary/aromatic N) is 1. The Morgan fingerprint density at radius 1 is 1.54 bits per heavy atom. The molecule has 0 radical (unpaired) electrons. The van der Waals surface area contributed by atoms with Gasteiger partial charge in [0.15, 0.2) is 0 Å². The third-order valence-electron chi connectivity index (χ3n) is 3.11. The summed E-state index contributed by atoms with van der Waals surface area (Å²) in [5.41, 5.74) is 0. The first-order valence-corrected chi connectivity index (χ1v) is 5.92. The lowest BCUT2D eigenvalue weighted by Gasteiger charge is -2.26. The normalized spacial score (nSPS) is 25.3. The third kappa shape index (κ3) is 2.43. The molecule has 13 heavy (non-hydrogen) atoms. The molecule has 1 nitrogen and oxygen atoms in total. The molecule has 0 saturated carbocycles. The van der Waals surface area contributed by atoms with Crippen LogP contribution in [0.2, 0.25) is 0 Å². The number of thiocarbonyl (C=S) groups is 1. The van der Waals surface area contributed by atoms with E-state index < -0.39 is 0 Å². The second-order valence-corrected chi connectivity index (χ2v) is 4.48. The van der Waals surface area contributed by atoms with Gasteiger partial charge < -0.3 is 4.90 Å². The fraction of sp³-hybridized carbons (Fsp3) is 0.909. The van der Waals surface area contributed by atoms with Crippen molar-refractivity contribution in [3.8, 4) is 0 Å². The Labute approximate surface area is 87.5 Å². The molecule has 0 aromatic heterocycles. The summed E-state index contributed by atoms with van der Waals surface area (Å²) in [6.45, 7) is 7.95. The van der Waals surface area contributed by atoms with Gasteiger partial charge in [0.25, 0.3) is 0 Å². The van der Waals surface area contributed by atoms with Crippen molar-refractivity contribution in [2.45, 2.75) is 52.5 Å². The minimum absolute atomic E-state index is 0.648. The largest absolute Gasteiger partial charge is 0.363 e. The second-order valence-electron chi connectivity index (χ2n) is 4.06. The van der Waals surface area contributed by atoms with E-state index in [4.69, 9.17) is 12.2 Å². The first-order valence-electron chi connectivity index (χ1n) is 5.51. The van der Waals surface area contributed by atoms with Crippen LogP contribution in [0.3, 0.4) is 0 Å². The van der Waals surface area contributed by atoms with Crippen LogP contribution in [-0.4, -0.2) is 22.5 Å². The van der Waals surface area contributed by atoms with Gasteiger partial charge in [-0.2, -0.15) is 0 Å². The fourth-order valence-corrected chi connectivity index (χ4v) is 2.54. The molecule has 0 aromatic rings. The van der Waals surface area contributed by atoms with Crippen molar-refractivity contribution < 1.29 is 0 Å². The van der Waals surface area contributed by atoms with Crippen molar-refractivity contribution in [3.63, 3.8) is 0 Å². The lowest BCUT2D eigenvalue weighted by molar-refractivity contribution is 0.351. The first-order chi connectivity index (χ1) is 6.20. The summed E-state index contributed by atoms with van der Waals surface area (Å²) >= 11 is 5.50. The minimum atomic E-state index is 0.648. The van der Waals surface area contributed by atoms with E-state index in [1.54, 1.807) is 0 Å². The van der Waals surface area contributed by atoms with Gasteiger partial charge in [-0.1, -0.05) is 32.5 Å². The van der Waals surface area contributed by atoms with E-state index >= 15 is 0 Å². The summed E-state index contributed by atoms with van der Waals surface area (Å²) in [6.07, 6.45) is 5.04. The molecule has 1 aliphatic rings. The summed E-state index contributed by atoms with van der Waals surface area (Å²) in [7, 11) is 0. The summed E-state index contributed by atoms with van der Waals surface area (Å²) < 4.78 is 0. The quantitative estimate of drug-likeness (QED) is 0.640. The molecule has 0 spiro atoms. The van der Waals surface area contributed by atoms with Gasteiger partial charge in [-0.05, 0) is 26.2 Å². The monoisotopic (exact) mass is 199 g/mol. The zero-order valence-electron chi connectivity index (χ0n) is 9.05. The molecule has 0 N–H and O–H groups in total. The van der Waals surface area contributed by atoms with E-state index in [-0.39, 0.29) is 0 Å². The standard InChI is InChI=1S/C11H21NS/c1-4-6-10-7-8-12(11(10)13)9(3)5-2/h9-10H,4-8H2,1-3H3. The van der Waals surface area contributed by atoms with Crippen LogP contribution in [-0.2, 0) is 0 Å². The summed E-state index contributed by atoms with van der Waals surface area (Å²) in [4.78, 5) is 3.66. The molecule has 1 aliphatic heterocycles. The Morgan fingerprint density at radius 3 is 2.77 bits per heavy atom. The number of hydrogen-bond acceptors (Lipinski definition) is 1. The first kappa shape index (κ1) is 11.0. The molecule has 2 atom stereocenters. The zero-order chi connectivity index (χ0) is 9.84. The van der Waals surface area contributed by atoms with Crippen LogP contribution < -0.4 is 0 Å². The van der Waals surface area contributed by atoms with Crippen molar-refractivity contribution in [2.24, 2.45) is 5.92 Å². The van der Waals surface area contributed by atoms with Crippen molar-refractivity contribution >= 4 is 17.2 Å². The van der Waals surface area contributed by atoms with Crippen LogP contribution in [0.1, 0.15) is 46.5 Å². The van der Waals surface area contributed by atoms with Gasteiger partial charge in [0, 0.05) is 18.5 Å². The van der Waals surface area contributed by atoms with Crippen LogP contribution in [0.15, 0.2) is 0 Å². The second kappa shape index (κ2) is 4.94. The van der Waals surface area contributed by atoms with Gasteiger partial charge in [0.2, 0.25) is 0 Å². The van der Waals surface area contributed by atoms with Gasteiger partial charge >= 0.3 is 0 Å². The predicted octanol–water partition coefficient (Wildman–Crippen LogP) is 3.23. The maximum Gasteiger partial charge on any atom is 0.0813 e. The Balaban J connectivity index is 2.49. The Hall–Kier alpha value is -0.110. The highest BCUT2D eigenvalue weighted by molar-refractivity contribution is 7.80.